The van der Waals surface area contributed by atoms with Gasteiger partial charge in [-0.3, -0.25) is 4.79 Å². The van der Waals surface area contributed by atoms with Crippen molar-refractivity contribution in [1.82, 2.24) is 0 Å². The third-order valence-electron chi connectivity index (χ3n) is 0.877. The molecule has 1 N–H and O–H groups in total. The summed E-state index contributed by atoms with van der Waals surface area (Å²) < 4.78 is 4.30. The van der Waals surface area contributed by atoms with Crippen LogP contribution in [0, 0.1) is 5.92 Å². The molecule has 0 bridgehead atoms. The van der Waals surface area contributed by atoms with Crippen molar-refractivity contribution in [3.05, 3.63) is 0 Å². The molecule has 0 radical (unpaired) electrons. The molecular formula is C6H14O3. The zero-order valence-electron chi connectivity index (χ0n) is 5.05. The van der Waals surface area contributed by atoms with Gasteiger partial charge in [0.1, 0.15) is 0 Å². The molecule has 0 aliphatic carbocycles. The molecule has 0 fully saturated rings. The normalized spacial score (nSPS) is 11.4. The molecule has 0 amide bonds. The Morgan fingerprint density at radius 2 is 2.22 bits per heavy atom. The molecule has 0 aliphatic rings. The highest BCUT2D eigenvalue weighted by atomic mass is 16.5. The van der Waals surface area contributed by atoms with E-state index in [4.69, 9.17) is 5.11 Å². The predicted octanol–water partition coefficient (Wildman–Crippen LogP) is 0.424. The maximum absolute atomic E-state index is 10.4. The Hall–Kier alpha value is -0.570. The molecule has 0 spiro atoms. The molecule has 1 unspecified atom stereocenters. The van der Waals surface area contributed by atoms with E-state index >= 15 is 0 Å². The summed E-state index contributed by atoms with van der Waals surface area (Å²) >= 11 is 0. The number of aliphatic hydroxyl groups is 1. The second kappa shape index (κ2) is 5.56. The largest absolute Gasteiger partial charge is 0.469 e. The van der Waals surface area contributed by atoms with Crippen molar-refractivity contribution in [2.45, 2.75) is 14.4 Å². The summed E-state index contributed by atoms with van der Waals surface area (Å²) in [5.74, 6) is -0.757. The Morgan fingerprint density at radius 3 is 2.33 bits per heavy atom. The minimum Gasteiger partial charge on any atom is -0.469 e. The standard InChI is InChI=1S/C5H10O3.CH4/c1-4(3-6)5(7)8-2;/h4,6H,3H2,1-2H3;1H4. The number of hydrogen-bond acceptors (Lipinski definition) is 3. The minimum absolute atomic E-state index is 0. The first-order chi connectivity index (χ1) is 3.72. The number of carbonyl (C=O) groups excluding carboxylic acids is 1. The molecule has 0 saturated heterocycles. The first kappa shape index (κ1) is 11.3. The third kappa shape index (κ3) is 3.97. The van der Waals surface area contributed by atoms with Crippen LogP contribution in [0.2, 0.25) is 0 Å². The molecule has 1 atom stereocenters. The Labute approximate surface area is 55.6 Å². The van der Waals surface area contributed by atoms with Gasteiger partial charge in [0.05, 0.1) is 19.6 Å². The van der Waals surface area contributed by atoms with Gasteiger partial charge in [0.25, 0.3) is 0 Å². The summed E-state index contributed by atoms with van der Waals surface area (Å²) in [6.07, 6.45) is 0. The van der Waals surface area contributed by atoms with Crippen LogP contribution < -0.4 is 0 Å². The lowest BCUT2D eigenvalue weighted by atomic mass is 10.2. The summed E-state index contributed by atoms with van der Waals surface area (Å²) in [6, 6.07) is 0. The molecule has 0 heterocycles. The zero-order valence-corrected chi connectivity index (χ0v) is 5.05. The highest BCUT2D eigenvalue weighted by Crippen LogP contribution is 1.93. The zero-order chi connectivity index (χ0) is 6.57. The van der Waals surface area contributed by atoms with Gasteiger partial charge in [-0.15, -0.1) is 0 Å². The number of ether oxygens (including phenoxy) is 1. The number of esters is 1. The summed E-state index contributed by atoms with van der Waals surface area (Å²) in [4.78, 5) is 10.4. The lowest BCUT2D eigenvalue weighted by Crippen LogP contribution is -2.15. The van der Waals surface area contributed by atoms with Crippen LogP contribution >= 0.6 is 0 Å². The maximum atomic E-state index is 10.4. The average Bonchev–Trinajstić information content (AvgIpc) is 1.84. The van der Waals surface area contributed by atoms with Gasteiger partial charge in [-0.05, 0) is 6.92 Å². The van der Waals surface area contributed by atoms with Crippen LogP contribution in [0.25, 0.3) is 0 Å². The summed E-state index contributed by atoms with van der Waals surface area (Å²) in [5, 5.41) is 8.34. The number of rotatable bonds is 2. The quantitative estimate of drug-likeness (QED) is 0.557. The van der Waals surface area contributed by atoms with Gasteiger partial charge in [-0.1, -0.05) is 7.43 Å². The van der Waals surface area contributed by atoms with Crippen molar-refractivity contribution in [3.8, 4) is 0 Å². The van der Waals surface area contributed by atoms with Gasteiger partial charge in [0, 0.05) is 0 Å². The van der Waals surface area contributed by atoms with Gasteiger partial charge in [-0.2, -0.15) is 0 Å². The Balaban J connectivity index is 0. The first-order valence-electron chi connectivity index (χ1n) is 2.41. The van der Waals surface area contributed by atoms with E-state index in [2.05, 4.69) is 4.74 Å². The lowest BCUT2D eigenvalue weighted by molar-refractivity contribution is -0.146. The van der Waals surface area contributed by atoms with Crippen molar-refractivity contribution in [3.63, 3.8) is 0 Å². The predicted molar refractivity (Wildman–Crippen MR) is 35.0 cm³/mol. The fraction of sp³-hybridized carbons (Fsp3) is 0.833. The summed E-state index contributed by atoms with van der Waals surface area (Å²) in [5.41, 5.74) is 0. The van der Waals surface area contributed by atoms with Crippen molar-refractivity contribution in [2.24, 2.45) is 5.92 Å². The van der Waals surface area contributed by atoms with Crippen LogP contribution in [0.3, 0.4) is 0 Å². The SMILES string of the molecule is C.COC(=O)C(C)CO. The average molecular weight is 134 g/mol. The van der Waals surface area contributed by atoms with Gasteiger partial charge < -0.3 is 9.84 Å². The van der Waals surface area contributed by atoms with Crippen molar-refractivity contribution >= 4 is 5.97 Å². The topological polar surface area (TPSA) is 46.5 Å². The van der Waals surface area contributed by atoms with Crippen LogP contribution in [0.15, 0.2) is 0 Å². The van der Waals surface area contributed by atoms with Gasteiger partial charge in [0.15, 0.2) is 0 Å². The number of methoxy groups -OCH3 is 1. The molecule has 3 nitrogen and oxygen atoms in total. The van der Waals surface area contributed by atoms with Crippen LogP contribution in [-0.2, 0) is 9.53 Å². The first-order valence-corrected chi connectivity index (χ1v) is 2.41. The van der Waals surface area contributed by atoms with E-state index in [9.17, 15) is 4.79 Å². The molecule has 0 aromatic heterocycles. The molecule has 56 valence electrons. The summed E-state index contributed by atoms with van der Waals surface area (Å²) in [7, 11) is 1.30. The third-order valence-corrected chi connectivity index (χ3v) is 0.877. The van der Waals surface area contributed by atoms with Crippen LogP contribution in [0.5, 0.6) is 0 Å². The smallest absolute Gasteiger partial charge is 0.310 e. The molecule has 3 heteroatoms. The van der Waals surface area contributed by atoms with Crippen LogP contribution in [-0.4, -0.2) is 24.8 Å². The van der Waals surface area contributed by atoms with Crippen LogP contribution in [0.4, 0.5) is 0 Å². The van der Waals surface area contributed by atoms with Gasteiger partial charge >= 0.3 is 5.97 Å². The second-order valence-corrected chi connectivity index (χ2v) is 1.61. The van der Waals surface area contributed by atoms with E-state index in [-0.39, 0.29) is 25.9 Å². The monoisotopic (exact) mass is 134 g/mol. The Bertz CT molecular complexity index is 80.4. The number of hydrogen-bond donors (Lipinski definition) is 1. The maximum Gasteiger partial charge on any atom is 0.310 e. The highest BCUT2D eigenvalue weighted by Gasteiger charge is 2.09. The van der Waals surface area contributed by atoms with Gasteiger partial charge in [-0.25, -0.2) is 0 Å². The van der Waals surface area contributed by atoms with E-state index < -0.39 is 0 Å². The van der Waals surface area contributed by atoms with Crippen LogP contribution in [0.1, 0.15) is 14.4 Å². The summed E-state index contributed by atoms with van der Waals surface area (Å²) in [6.45, 7) is 1.46. The van der Waals surface area contributed by atoms with Crippen molar-refractivity contribution < 1.29 is 14.6 Å². The molecule has 0 rings (SSSR count). The van der Waals surface area contributed by atoms with E-state index in [1.165, 1.54) is 7.11 Å². The Kier molecular flexibility index (Phi) is 6.96. The van der Waals surface area contributed by atoms with Gasteiger partial charge in [0.2, 0.25) is 0 Å². The van der Waals surface area contributed by atoms with E-state index in [0.717, 1.165) is 0 Å². The Morgan fingerprint density at radius 1 is 1.78 bits per heavy atom. The lowest BCUT2D eigenvalue weighted by Gasteiger charge is -2.02. The second-order valence-electron chi connectivity index (χ2n) is 1.61. The van der Waals surface area contributed by atoms with Crippen molar-refractivity contribution in [1.29, 1.82) is 0 Å². The molecule has 0 aromatic rings. The fourth-order valence-corrected chi connectivity index (χ4v) is 0.276. The number of carbonyl (C=O) groups is 1. The highest BCUT2D eigenvalue weighted by molar-refractivity contribution is 5.71. The minimum atomic E-state index is -0.389. The molecular weight excluding hydrogens is 120 g/mol. The van der Waals surface area contributed by atoms with E-state index in [1.54, 1.807) is 6.92 Å². The number of aliphatic hydroxyl groups excluding tert-OH is 1. The van der Waals surface area contributed by atoms with E-state index in [1.807, 2.05) is 0 Å². The molecule has 0 aliphatic heterocycles. The fourth-order valence-electron chi connectivity index (χ4n) is 0.276. The molecule has 0 aromatic carbocycles. The van der Waals surface area contributed by atoms with E-state index in [0.29, 0.717) is 0 Å². The molecule has 9 heavy (non-hydrogen) atoms. The molecule has 0 saturated carbocycles. The van der Waals surface area contributed by atoms with Crippen molar-refractivity contribution in [2.75, 3.05) is 13.7 Å².